The number of hydrogen-bond donors (Lipinski definition) is 1. The first-order valence-corrected chi connectivity index (χ1v) is 9.92. The first kappa shape index (κ1) is 18.2. The summed E-state index contributed by atoms with van der Waals surface area (Å²) >= 11 is 0. The van der Waals surface area contributed by atoms with Crippen LogP contribution in [-0.4, -0.2) is 56.5 Å². The zero-order chi connectivity index (χ0) is 19.2. The number of likely N-dealkylation sites (tertiary alicyclic amines) is 2. The Morgan fingerprint density at radius 1 is 1.22 bits per heavy atom. The van der Waals surface area contributed by atoms with Gasteiger partial charge in [-0.1, -0.05) is 13.8 Å². The summed E-state index contributed by atoms with van der Waals surface area (Å²) in [6.45, 7) is 10.6. The number of nitrogens with one attached hydrogen (secondary N) is 1. The number of amides is 1. The molecule has 146 valence electrons. The molecule has 4 heterocycles. The van der Waals surface area contributed by atoms with Crippen LogP contribution in [0.3, 0.4) is 0 Å². The average Bonchev–Trinajstić information content (AvgIpc) is 3.10. The van der Waals surface area contributed by atoms with Crippen molar-refractivity contribution < 1.29 is 4.79 Å². The van der Waals surface area contributed by atoms with Gasteiger partial charge in [0, 0.05) is 43.9 Å². The van der Waals surface area contributed by atoms with Crippen molar-refractivity contribution in [3.05, 3.63) is 33.9 Å². The number of rotatable bonds is 4. The molecule has 0 bridgehead atoms. The fraction of sp³-hybridized carbons (Fsp3) is 0.650. The lowest BCUT2D eigenvalue weighted by atomic mass is 9.77. The molecular formula is C20H29N5O2. The van der Waals surface area contributed by atoms with Gasteiger partial charge in [-0.25, -0.2) is 9.50 Å². The lowest BCUT2D eigenvalue weighted by Crippen LogP contribution is -2.41. The van der Waals surface area contributed by atoms with Gasteiger partial charge in [0.15, 0.2) is 5.65 Å². The van der Waals surface area contributed by atoms with Crippen molar-refractivity contribution in [3.8, 4) is 0 Å². The molecule has 2 aromatic rings. The van der Waals surface area contributed by atoms with E-state index in [0.717, 1.165) is 50.4 Å². The van der Waals surface area contributed by atoms with Crippen molar-refractivity contribution in [2.45, 2.75) is 46.6 Å². The summed E-state index contributed by atoms with van der Waals surface area (Å²) in [5, 5.41) is 3.00. The molecule has 0 saturated carbocycles. The van der Waals surface area contributed by atoms with Crippen LogP contribution in [0.15, 0.2) is 16.9 Å². The minimum atomic E-state index is -0.0673. The van der Waals surface area contributed by atoms with Gasteiger partial charge >= 0.3 is 0 Å². The predicted molar refractivity (Wildman–Crippen MR) is 104 cm³/mol. The van der Waals surface area contributed by atoms with Gasteiger partial charge in [0.25, 0.3) is 5.56 Å². The predicted octanol–water partition coefficient (Wildman–Crippen LogP) is 1.80. The standard InChI is InChI=1S/C20H29N5O2/c1-14(2)11-24-13-20(10-19(24)27)4-6-23(7-5-20)12-16-9-18(26)25-17(21-16)8-15(3)22-25/h8-9,14,22H,4-7,10-13H2,1-3H3. The van der Waals surface area contributed by atoms with Crippen LogP contribution >= 0.6 is 0 Å². The molecule has 2 aliphatic rings. The molecule has 2 fully saturated rings. The van der Waals surface area contributed by atoms with E-state index >= 15 is 0 Å². The van der Waals surface area contributed by atoms with Crippen molar-refractivity contribution in [2.24, 2.45) is 11.3 Å². The second kappa shape index (κ2) is 6.78. The van der Waals surface area contributed by atoms with Crippen LogP contribution in [0.1, 0.15) is 44.5 Å². The third kappa shape index (κ3) is 3.65. The lowest BCUT2D eigenvalue weighted by Gasteiger charge is -2.38. The molecule has 1 spiro atoms. The second-order valence-electron chi connectivity index (χ2n) is 8.84. The van der Waals surface area contributed by atoms with E-state index in [2.05, 4.69) is 33.7 Å². The van der Waals surface area contributed by atoms with Gasteiger partial charge in [0.2, 0.25) is 5.91 Å². The number of piperidine rings is 1. The molecule has 0 atom stereocenters. The zero-order valence-corrected chi connectivity index (χ0v) is 16.5. The van der Waals surface area contributed by atoms with Gasteiger partial charge in [-0.15, -0.1) is 0 Å². The largest absolute Gasteiger partial charge is 0.342 e. The van der Waals surface area contributed by atoms with Crippen LogP contribution in [0.5, 0.6) is 0 Å². The maximum Gasteiger partial charge on any atom is 0.272 e. The highest BCUT2D eigenvalue weighted by Crippen LogP contribution is 2.41. The number of carbonyl (C=O) groups is 1. The first-order valence-electron chi connectivity index (χ1n) is 9.92. The summed E-state index contributed by atoms with van der Waals surface area (Å²) in [5.74, 6) is 0.835. The number of aromatic nitrogens is 3. The summed E-state index contributed by atoms with van der Waals surface area (Å²) in [6.07, 6.45) is 2.78. The molecule has 1 amide bonds. The molecule has 4 rings (SSSR count). The molecule has 0 radical (unpaired) electrons. The number of carbonyl (C=O) groups excluding carboxylic acids is 1. The molecule has 7 heteroatoms. The summed E-state index contributed by atoms with van der Waals surface area (Å²) < 4.78 is 1.48. The normalized spacial score (nSPS) is 20.4. The van der Waals surface area contributed by atoms with Crippen LogP contribution in [-0.2, 0) is 11.3 Å². The Labute approximate surface area is 159 Å². The van der Waals surface area contributed by atoms with Crippen molar-refractivity contribution in [2.75, 3.05) is 26.2 Å². The quantitative estimate of drug-likeness (QED) is 0.889. The SMILES string of the molecule is Cc1cc2nc(CN3CCC4(CC3)CC(=O)N(CC(C)C)C4)cc(=O)n2[nH]1. The van der Waals surface area contributed by atoms with E-state index in [9.17, 15) is 9.59 Å². The maximum atomic E-state index is 12.4. The minimum absolute atomic E-state index is 0.0673. The topological polar surface area (TPSA) is 73.7 Å². The van der Waals surface area contributed by atoms with E-state index < -0.39 is 0 Å². The molecule has 0 unspecified atom stereocenters. The number of aryl methyl sites for hydroxylation is 1. The first-order chi connectivity index (χ1) is 12.8. The van der Waals surface area contributed by atoms with Crippen LogP contribution in [0.25, 0.3) is 5.65 Å². The van der Waals surface area contributed by atoms with Gasteiger partial charge in [0.05, 0.1) is 5.69 Å². The summed E-state index contributed by atoms with van der Waals surface area (Å²) in [4.78, 5) is 33.7. The minimum Gasteiger partial charge on any atom is -0.342 e. The Hall–Kier alpha value is -2.15. The number of H-pyrrole nitrogens is 1. The van der Waals surface area contributed by atoms with Crippen LogP contribution in [0.2, 0.25) is 0 Å². The Bertz CT molecular complexity index is 905. The van der Waals surface area contributed by atoms with Crippen LogP contribution in [0.4, 0.5) is 0 Å². The summed E-state index contributed by atoms with van der Waals surface area (Å²) in [7, 11) is 0. The Kier molecular flexibility index (Phi) is 4.58. The maximum absolute atomic E-state index is 12.4. The highest BCUT2D eigenvalue weighted by Gasteiger charge is 2.44. The molecule has 0 aromatic carbocycles. The van der Waals surface area contributed by atoms with Gasteiger partial charge in [0.1, 0.15) is 0 Å². The molecule has 2 saturated heterocycles. The van der Waals surface area contributed by atoms with E-state index in [1.54, 1.807) is 6.07 Å². The van der Waals surface area contributed by atoms with Gasteiger partial charge in [-0.3, -0.25) is 19.6 Å². The van der Waals surface area contributed by atoms with Crippen molar-refractivity contribution in [1.82, 2.24) is 24.4 Å². The van der Waals surface area contributed by atoms with E-state index in [-0.39, 0.29) is 11.0 Å². The van der Waals surface area contributed by atoms with Gasteiger partial charge < -0.3 is 4.90 Å². The van der Waals surface area contributed by atoms with Crippen LogP contribution in [0, 0.1) is 18.3 Å². The van der Waals surface area contributed by atoms with E-state index in [1.165, 1.54) is 4.52 Å². The molecule has 2 aliphatic heterocycles. The van der Waals surface area contributed by atoms with E-state index in [1.807, 2.05) is 13.0 Å². The lowest BCUT2D eigenvalue weighted by molar-refractivity contribution is -0.128. The fourth-order valence-electron chi connectivity index (χ4n) is 4.58. The molecule has 27 heavy (non-hydrogen) atoms. The number of fused-ring (bicyclic) bond motifs is 1. The number of hydrogen-bond acceptors (Lipinski definition) is 4. The Balaban J connectivity index is 1.40. The Morgan fingerprint density at radius 3 is 2.67 bits per heavy atom. The molecule has 2 aromatic heterocycles. The van der Waals surface area contributed by atoms with Crippen LogP contribution < -0.4 is 5.56 Å². The fourth-order valence-corrected chi connectivity index (χ4v) is 4.58. The Morgan fingerprint density at radius 2 is 1.96 bits per heavy atom. The van der Waals surface area contributed by atoms with E-state index in [4.69, 9.17) is 0 Å². The van der Waals surface area contributed by atoms with Crippen molar-refractivity contribution >= 4 is 11.6 Å². The highest BCUT2D eigenvalue weighted by atomic mass is 16.2. The third-order valence-corrected chi connectivity index (χ3v) is 5.92. The smallest absolute Gasteiger partial charge is 0.272 e. The second-order valence-corrected chi connectivity index (χ2v) is 8.84. The van der Waals surface area contributed by atoms with Gasteiger partial charge in [-0.05, 0) is 44.2 Å². The van der Waals surface area contributed by atoms with Crippen molar-refractivity contribution in [1.29, 1.82) is 0 Å². The molecular weight excluding hydrogens is 342 g/mol. The zero-order valence-electron chi connectivity index (χ0n) is 16.5. The van der Waals surface area contributed by atoms with Gasteiger partial charge in [-0.2, -0.15) is 0 Å². The molecule has 0 aliphatic carbocycles. The number of nitrogens with zero attached hydrogens (tertiary/aromatic N) is 4. The molecule has 1 N–H and O–H groups in total. The summed E-state index contributed by atoms with van der Waals surface area (Å²) in [5.41, 5.74) is 2.50. The summed E-state index contributed by atoms with van der Waals surface area (Å²) in [6, 6.07) is 3.51. The molecule has 7 nitrogen and oxygen atoms in total. The monoisotopic (exact) mass is 371 g/mol. The van der Waals surface area contributed by atoms with Crippen molar-refractivity contribution in [3.63, 3.8) is 0 Å². The third-order valence-electron chi connectivity index (χ3n) is 5.92. The average molecular weight is 371 g/mol. The number of aromatic amines is 1. The highest BCUT2D eigenvalue weighted by molar-refractivity contribution is 5.79. The van der Waals surface area contributed by atoms with E-state index in [0.29, 0.717) is 30.4 Å².